The molecule has 0 aromatic heterocycles. The zero-order valence-corrected chi connectivity index (χ0v) is 13.4. The van der Waals surface area contributed by atoms with Crippen LogP contribution in [0.2, 0.25) is 0 Å². The van der Waals surface area contributed by atoms with Crippen LogP contribution in [0.3, 0.4) is 0 Å². The number of carbonyl (C=O) groups is 2. The van der Waals surface area contributed by atoms with Crippen LogP contribution >= 0.6 is 15.9 Å². The lowest BCUT2D eigenvalue weighted by molar-refractivity contribution is -0.150. The van der Waals surface area contributed by atoms with E-state index in [9.17, 15) is 9.59 Å². The molecule has 2 heterocycles. The predicted octanol–water partition coefficient (Wildman–Crippen LogP) is 1.62. The van der Waals surface area contributed by atoms with Gasteiger partial charge in [-0.25, -0.2) is 0 Å². The van der Waals surface area contributed by atoms with Crippen molar-refractivity contribution in [2.24, 2.45) is 0 Å². The number of carbonyl (C=O) groups excluding carboxylic acids is 2. The van der Waals surface area contributed by atoms with Gasteiger partial charge in [-0.05, 0) is 24.1 Å². The Morgan fingerprint density at radius 3 is 3.00 bits per heavy atom. The first-order chi connectivity index (χ1) is 10.1. The van der Waals surface area contributed by atoms with E-state index < -0.39 is 0 Å². The van der Waals surface area contributed by atoms with E-state index in [4.69, 9.17) is 4.74 Å². The fraction of sp³-hybridized carbons (Fsp3) is 0.467. The van der Waals surface area contributed by atoms with Crippen LogP contribution in [0.25, 0.3) is 0 Å². The molecule has 2 aliphatic heterocycles. The molecular weight excluding hydrogens is 336 g/mol. The molecule has 3 rings (SSSR count). The van der Waals surface area contributed by atoms with Crippen LogP contribution in [-0.2, 0) is 22.6 Å². The molecule has 2 amide bonds. The molecule has 112 valence electrons. The van der Waals surface area contributed by atoms with Gasteiger partial charge in [0.05, 0.1) is 25.7 Å². The maximum absolute atomic E-state index is 12.3. The second-order valence-electron chi connectivity index (χ2n) is 5.31. The number of fused-ring (bicyclic) bond motifs is 1. The fourth-order valence-corrected chi connectivity index (χ4v) is 3.38. The van der Waals surface area contributed by atoms with Gasteiger partial charge in [-0.15, -0.1) is 0 Å². The van der Waals surface area contributed by atoms with Gasteiger partial charge in [0.15, 0.2) is 0 Å². The highest BCUT2D eigenvalue weighted by molar-refractivity contribution is 9.10. The van der Waals surface area contributed by atoms with Crippen molar-refractivity contribution < 1.29 is 14.3 Å². The number of nitrogens with one attached hydrogen (secondary N) is 1. The van der Waals surface area contributed by atoms with E-state index in [0.29, 0.717) is 13.0 Å². The highest BCUT2D eigenvalue weighted by atomic mass is 79.9. The number of nitrogens with zero attached hydrogens (tertiary/aromatic N) is 1. The molecule has 0 spiro atoms. The van der Waals surface area contributed by atoms with Gasteiger partial charge in [-0.2, -0.15) is 0 Å². The maximum Gasteiger partial charge on any atom is 0.246 e. The standard InChI is InChI=1S/C15H17BrN2O3/c1-2-12-15(20)18(13(19)7-17-12)8-10-6-11(16)5-9-3-4-21-14(9)10/h5-6,12,17H,2-4,7-8H2,1H3. The molecule has 1 saturated heterocycles. The predicted molar refractivity (Wildman–Crippen MR) is 81.0 cm³/mol. The van der Waals surface area contributed by atoms with Crippen LogP contribution in [0.15, 0.2) is 16.6 Å². The third-order valence-electron chi connectivity index (χ3n) is 3.93. The number of imide groups is 1. The third-order valence-corrected chi connectivity index (χ3v) is 4.38. The van der Waals surface area contributed by atoms with E-state index in [1.54, 1.807) is 0 Å². The molecule has 0 radical (unpaired) electrons. The largest absolute Gasteiger partial charge is 0.493 e. The minimum atomic E-state index is -0.274. The summed E-state index contributed by atoms with van der Waals surface area (Å²) in [6.45, 7) is 3.07. The number of hydrogen-bond donors (Lipinski definition) is 1. The number of halogens is 1. The number of benzene rings is 1. The Kier molecular flexibility index (Phi) is 3.99. The molecule has 0 saturated carbocycles. The summed E-state index contributed by atoms with van der Waals surface area (Å²) >= 11 is 3.48. The minimum absolute atomic E-state index is 0.152. The van der Waals surface area contributed by atoms with Crippen LogP contribution in [0.4, 0.5) is 0 Å². The molecule has 1 fully saturated rings. The molecule has 1 atom stereocenters. The van der Waals surface area contributed by atoms with Crippen molar-refractivity contribution in [3.8, 4) is 5.75 Å². The average molecular weight is 353 g/mol. The lowest BCUT2D eigenvalue weighted by Crippen LogP contribution is -2.57. The summed E-state index contributed by atoms with van der Waals surface area (Å²) in [7, 11) is 0. The Hall–Kier alpha value is -1.40. The Morgan fingerprint density at radius 2 is 2.24 bits per heavy atom. The molecular formula is C15H17BrN2O3. The molecule has 1 unspecified atom stereocenters. The van der Waals surface area contributed by atoms with Crippen molar-refractivity contribution in [3.05, 3.63) is 27.7 Å². The van der Waals surface area contributed by atoms with Crippen LogP contribution < -0.4 is 10.1 Å². The summed E-state index contributed by atoms with van der Waals surface area (Å²) in [5.41, 5.74) is 2.01. The van der Waals surface area contributed by atoms with Crippen LogP contribution in [0, 0.1) is 0 Å². The lowest BCUT2D eigenvalue weighted by atomic mass is 10.1. The smallest absolute Gasteiger partial charge is 0.246 e. The van der Waals surface area contributed by atoms with Crippen LogP contribution in [0.5, 0.6) is 5.75 Å². The quantitative estimate of drug-likeness (QED) is 0.839. The number of ether oxygens (including phenoxy) is 1. The van der Waals surface area contributed by atoms with Crippen molar-refractivity contribution in [2.45, 2.75) is 32.4 Å². The number of piperazine rings is 1. The van der Waals surface area contributed by atoms with Gasteiger partial charge in [0.1, 0.15) is 5.75 Å². The zero-order valence-electron chi connectivity index (χ0n) is 11.8. The van der Waals surface area contributed by atoms with Gasteiger partial charge >= 0.3 is 0 Å². The van der Waals surface area contributed by atoms with E-state index in [2.05, 4.69) is 21.2 Å². The Balaban J connectivity index is 1.89. The van der Waals surface area contributed by atoms with Crippen molar-refractivity contribution in [1.29, 1.82) is 0 Å². The van der Waals surface area contributed by atoms with Gasteiger partial charge in [-0.3, -0.25) is 19.8 Å². The third kappa shape index (κ3) is 2.70. The molecule has 2 aliphatic rings. The summed E-state index contributed by atoms with van der Waals surface area (Å²) in [6.07, 6.45) is 1.54. The second-order valence-corrected chi connectivity index (χ2v) is 6.23. The highest BCUT2D eigenvalue weighted by Crippen LogP contribution is 2.34. The monoisotopic (exact) mass is 352 g/mol. The summed E-state index contributed by atoms with van der Waals surface area (Å²) in [5, 5.41) is 2.97. The first kappa shape index (κ1) is 14.5. The van der Waals surface area contributed by atoms with Gasteiger partial charge in [0.2, 0.25) is 11.8 Å². The van der Waals surface area contributed by atoms with Gasteiger partial charge in [0, 0.05) is 16.5 Å². The Labute approximate surface area is 131 Å². The molecule has 1 aromatic rings. The molecule has 5 nitrogen and oxygen atoms in total. The van der Waals surface area contributed by atoms with Crippen molar-refractivity contribution in [1.82, 2.24) is 10.2 Å². The van der Waals surface area contributed by atoms with Gasteiger partial charge < -0.3 is 4.74 Å². The van der Waals surface area contributed by atoms with Crippen LogP contribution in [0.1, 0.15) is 24.5 Å². The molecule has 1 aromatic carbocycles. The van der Waals surface area contributed by atoms with Gasteiger partial charge in [0.25, 0.3) is 0 Å². The normalized spacial score (nSPS) is 21.4. The first-order valence-electron chi connectivity index (χ1n) is 7.12. The fourth-order valence-electron chi connectivity index (χ4n) is 2.82. The summed E-state index contributed by atoms with van der Waals surface area (Å²) in [5.74, 6) is 0.488. The summed E-state index contributed by atoms with van der Waals surface area (Å²) in [6, 6.07) is 3.68. The summed E-state index contributed by atoms with van der Waals surface area (Å²) in [4.78, 5) is 25.7. The van der Waals surface area contributed by atoms with Crippen LogP contribution in [-0.4, -0.2) is 35.9 Å². The lowest BCUT2D eigenvalue weighted by Gasteiger charge is -2.31. The van der Waals surface area contributed by atoms with E-state index in [1.807, 2.05) is 19.1 Å². The topological polar surface area (TPSA) is 58.6 Å². The average Bonchev–Trinajstić information content (AvgIpc) is 2.91. The molecule has 0 aliphatic carbocycles. The van der Waals surface area contributed by atoms with Crippen molar-refractivity contribution >= 4 is 27.7 Å². The molecule has 21 heavy (non-hydrogen) atoms. The SMILES string of the molecule is CCC1NCC(=O)N(Cc2cc(Br)cc3c2OCC3)C1=O. The number of amides is 2. The maximum atomic E-state index is 12.3. The van der Waals surface area contributed by atoms with E-state index in [-0.39, 0.29) is 30.9 Å². The summed E-state index contributed by atoms with van der Waals surface area (Å²) < 4.78 is 6.61. The van der Waals surface area contributed by atoms with Crippen molar-refractivity contribution in [3.63, 3.8) is 0 Å². The minimum Gasteiger partial charge on any atom is -0.493 e. The Morgan fingerprint density at radius 1 is 1.43 bits per heavy atom. The van der Waals surface area contributed by atoms with Gasteiger partial charge in [-0.1, -0.05) is 22.9 Å². The zero-order chi connectivity index (χ0) is 15.0. The van der Waals surface area contributed by atoms with Crippen molar-refractivity contribution in [2.75, 3.05) is 13.2 Å². The molecule has 1 N–H and O–H groups in total. The highest BCUT2D eigenvalue weighted by Gasteiger charge is 2.33. The Bertz CT molecular complexity index is 603. The molecule has 6 heteroatoms. The van der Waals surface area contributed by atoms with E-state index >= 15 is 0 Å². The number of rotatable bonds is 3. The molecule has 0 bridgehead atoms. The second kappa shape index (κ2) is 5.77. The van der Waals surface area contributed by atoms with E-state index in [0.717, 1.165) is 27.8 Å². The first-order valence-corrected chi connectivity index (χ1v) is 7.91. The number of hydrogen-bond acceptors (Lipinski definition) is 4. The van der Waals surface area contributed by atoms with E-state index in [1.165, 1.54) is 4.90 Å².